The van der Waals surface area contributed by atoms with Gasteiger partial charge in [0.2, 0.25) is 5.91 Å². The number of carbonyl (C=O) groups is 1. The zero-order valence-corrected chi connectivity index (χ0v) is 16.7. The molecule has 0 aliphatic rings. The van der Waals surface area contributed by atoms with Gasteiger partial charge in [-0.05, 0) is 42.8 Å². The monoisotopic (exact) mass is 405 g/mol. The second-order valence-corrected chi connectivity index (χ2v) is 7.09. The molecule has 0 spiro atoms. The second kappa shape index (κ2) is 8.37. The number of fused-ring (bicyclic) bond motifs is 1. The van der Waals surface area contributed by atoms with Crippen LogP contribution in [0.15, 0.2) is 72.8 Å². The summed E-state index contributed by atoms with van der Waals surface area (Å²) in [5, 5.41) is 3.51. The fraction of sp³-hybridized carbons (Fsp3) is 0.130. The highest BCUT2D eigenvalue weighted by Crippen LogP contribution is 2.25. The molecule has 0 unspecified atom stereocenters. The van der Waals surface area contributed by atoms with E-state index in [0.29, 0.717) is 16.6 Å². The topological polar surface area (TPSA) is 56.2 Å². The summed E-state index contributed by atoms with van der Waals surface area (Å²) in [6.07, 6.45) is 0. The quantitative estimate of drug-likeness (QED) is 0.478. The maximum atomic E-state index is 12.7. The van der Waals surface area contributed by atoms with Crippen molar-refractivity contribution in [2.24, 2.45) is 0 Å². The Bertz CT molecular complexity index is 1170. The van der Waals surface area contributed by atoms with Crippen LogP contribution in [0.5, 0.6) is 5.75 Å². The van der Waals surface area contributed by atoms with Crippen LogP contribution in [0.25, 0.3) is 11.0 Å². The maximum absolute atomic E-state index is 12.7. The number of para-hydroxylation sites is 4. The van der Waals surface area contributed by atoms with Gasteiger partial charge in [0.25, 0.3) is 0 Å². The van der Waals surface area contributed by atoms with E-state index in [1.165, 1.54) is 0 Å². The summed E-state index contributed by atoms with van der Waals surface area (Å²) in [4.78, 5) is 17.4. The van der Waals surface area contributed by atoms with Crippen molar-refractivity contribution >= 4 is 34.2 Å². The number of nitrogens with zero attached hydrogens (tertiary/aromatic N) is 2. The van der Waals surface area contributed by atoms with E-state index in [4.69, 9.17) is 16.3 Å². The fourth-order valence-electron chi connectivity index (χ4n) is 3.16. The highest BCUT2D eigenvalue weighted by molar-refractivity contribution is 6.32. The van der Waals surface area contributed by atoms with E-state index in [-0.39, 0.29) is 19.1 Å². The highest BCUT2D eigenvalue weighted by Gasteiger charge is 2.15. The van der Waals surface area contributed by atoms with Gasteiger partial charge in [-0.2, -0.15) is 0 Å². The number of aromatic nitrogens is 2. The summed E-state index contributed by atoms with van der Waals surface area (Å²) >= 11 is 6.18. The number of hydrogen-bond acceptors (Lipinski definition) is 3. The number of benzene rings is 3. The smallest absolute Gasteiger partial charge is 0.244 e. The Labute approximate surface area is 173 Å². The molecule has 0 aliphatic heterocycles. The standard InChI is InChI=1S/C23H20ClN3O2/c1-16-8-2-4-10-18(16)26-23(28)14-27-20-12-6-5-11-19(20)25-22(27)15-29-21-13-7-3-9-17(21)24/h2-13H,14-15H2,1H3,(H,26,28). The number of hydrogen-bond donors (Lipinski definition) is 1. The van der Waals surface area contributed by atoms with Gasteiger partial charge in [-0.3, -0.25) is 4.79 Å². The highest BCUT2D eigenvalue weighted by atomic mass is 35.5. The number of rotatable bonds is 6. The molecule has 3 aromatic carbocycles. The van der Waals surface area contributed by atoms with Crippen molar-refractivity contribution in [3.05, 3.63) is 89.2 Å². The number of carbonyl (C=O) groups excluding carboxylic acids is 1. The molecule has 1 N–H and O–H groups in total. The first kappa shape index (κ1) is 19.0. The van der Waals surface area contributed by atoms with Crippen molar-refractivity contribution in [3.63, 3.8) is 0 Å². The SMILES string of the molecule is Cc1ccccc1NC(=O)Cn1c(COc2ccccc2Cl)nc2ccccc21. The molecule has 29 heavy (non-hydrogen) atoms. The van der Waals surface area contributed by atoms with Crippen LogP contribution in [-0.4, -0.2) is 15.5 Å². The zero-order chi connectivity index (χ0) is 20.2. The molecule has 4 rings (SSSR count). The van der Waals surface area contributed by atoms with Crippen molar-refractivity contribution in [3.8, 4) is 5.75 Å². The van der Waals surface area contributed by atoms with Crippen LogP contribution in [0.2, 0.25) is 5.02 Å². The van der Waals surface area contributed by atoms with E-state index < -0.39 is 0 Å². The molecule has 0 fully saturated rings. The lowest BCUT2D eigenvalue weighted by Gasteiger charge is -2.12. The molecule has 146 valence electrons. The summed E-state index contributed by atoms with van der Waals surface area (Å²) in [6, 6.07) is 22.7. The van der Waals surface area contributed by atoms with Gasteiger partial charge in [-0.25, -0.2) is 4.98 Å². The third-order valence-electron chi connectivity index (χ3n) is 4.65. The van der Waals surface area contributed by atoms with Gasteiger partial charge in [-0.15, -0.1) is 0 Å². The van der Waals surface area contributed by atoms with Crippen LogP contribution < -0.4 is 10.1 Å². The minimum atomic E-state index is -0.124. The summed E-state index contributed by atoms with van der Waals surface area (Å²) in [5.41, 5.74) is 3.51. The molecular formula is C23H20ClN3O2. The third kappa shape index (κ3) is 4.25. The molecule has 6 heteroatoms. The normalized spacial score (nSPS) is 10.8. The molecule has 0 saturated heterocycles. The Balaban J connectivity index is 1.59. The molecule has 1 heterocycles. The number of imidazole rings is 1. The Kier molecular flexibility index (Phi) is 5.49. The van der Waals surface area contributed by atoms with Crippen LogP contribution in [0.3, 0.4) is 0 Å². The molecule has 1 amide bonds. The summed E-state index contributed by atoms with van der Waals surface area (Å²) in [7, 11) is 0. The number of halogens is 1. The number of ether oxygens (including phenoxy) is 1. The second-order valence-electron chi connectivity index (χ2n) is 6.69. The molecule has 4 aromatic rings. The summed E-state index contributed by atoms with van der Waals surface area (Å²) in [5.74, 6) is 1.12. The van der Waals surface area contributed by atoms with Crippen molar-refractivity contribution < 1.29 is 9.53 Å². The Morgan fingerprint density at radius 2 is 1.76 bits per heavy atom. The number of amides is 1. The molecule has 1 aromatic heterocycles. The lowest BCUT2D eigenvalue weighted by Crippen LogP contribution is -2.21. The van der Waals surface area contributed by atoms with Crippen LogP contribution in [-0.2, 0) is 17.9 Å². The molecule has 5 nitrogen and oxygen atoms in total. The number of nitrogens with one attached hydrogen (secondary N) is 1. The maximum Gasteiger partial charge on any atom is 0.244 e. The molecule has 0 bridgehead atoms. The van der Waals surface area contributed by atoms with E-state index in [1.807, 2.05) is 72.2 Å². The Morgan fingerprint density at radius 3 is 2.59 bits per heavy atom. The molecule has 0 radical (unpaired) electrons. The molecule has 0 atom stereocenters. The average Bonchev–Trinajstić information content (AvgIpc) is 3.06. The van der Waals surface area contributed by atoms with Gasteiger partial charge in [0.15, 0.2) is 0 Å². The Morgan fingerprint density at radius 1 is 1.03 bits per heavy atom. The first-order valence-corrected chi connectivity index (χ1v) is 9.66. The average molecular weight is 406 g/mol. The minimum absolute atomic E-state index is 0.124. The van der Waals surface area contributed by atoms with Crippen molar-refractivity contribution in [1.29, 1.82) is 0 Å². The van der Waals surface area contributed by atoms with Gasteiger partial charge in [0.05, 0.1) is 16.1 Å². The predicted molar refractivity (Wildman–Crippen MR) is 115 cm³/mol. The fourth-order valence-corrected chi connectivity index (χ4v) is 3.35. The van der Waals surface area contributed by atoms with Crippen LogP contribution in [0.4, 0.5) is 5.69 Å². The van der Waals surface area contributed by atoms with Gasteiger partial charge in [-0.1, -0.05) is 54.1 Å². The van der Waals surface area contributed by atoms with Crippen molar-refractivity contribution in [2.45, 2.75) is 20.1 Å². The van der Waals surface area contributed by atoms with E-state index >= 15 is 0 Å². The van der Waals surface area contributed by atoms with Gasteiger partial charge < -0.3 is 14.6 Å². The van der Waals surface area contributed by atoms with E-state index in [9.17, 15) is 4.79 Å². The molecule has 0 aliphatic carbocycles. The first-order valence-electron chi connectivity index (χ1n) is 9.29. The van der Waals surface area contributed by atoms with E-state index in [2.05, 4.69) is 10.3 Å². The van der Waals surface area contributed by atoms with Crippen LogP contribution in [0, 0.1) is 6.92 Å². The summed E-state index contributed by atoms with van der Waals surface area (Å²) in [6.45, 7) is 2.30. The molecule has 0 saturated carbocycles. The van der Waals surface area contributed by atoms with Gasteiger partial charge in [0.1, 0.15) is 24.7 Å². The number of anilines is 1. The van der Waals surface area contributed by atoms with Gasteiger partial charge >= 0.3 is 0 Å². The summed E-state index contributed by atoms with van der Waals surface area (Å²) < 4.78 is 7.74. The molecular weight excluding hydrogens is 386 g/mol. The van der Waals surface area contributed by atoms with Gasteiger partial charge in [0, 0.05) is 5.69 Å². The van der Waals surface area contributed by atoms with Crippen molar-refractivity contribution in [1.82, 2.24) is 9.55 Å². The van der Waals surface area contributed by atoms with E-state index in [1.54, 1.807) is 12.1 Å². The lowest BCUT2D eigenvalue weighted by atomic mass is 10.2. The number of aryl methyl sites for hydroxylation is 1. The van der Waals surface area contributed by atoms with Crippen LogP contribution >= 0.6 is 11.6 Å². The predicted octanol–water partition coefficient (Wildman–Crippen LogP) is 5.22. The van der Waals surface area contributed by atoms with Crippen LogP contribution in [0.1, 0.15) is 11.4 Å². The van der Waals surface area contributed by atoms with E-state index in [0.717, 1.165) is 22.3 Å². The largest absolute Gasteiger partial charge is 0.484 e. The zero-order valence-electron chi connectivity index (χ0n) is 15.9. The minimum Gasteiger partial charge on any atom is -0.484 e. The first-order chi connectivity index (χ1) is 14.1. The lowest BCUT2D eigenvalue weighted by molar-refractivity contribution is -0.116. The Hall–Kier alpha value is -3.31. The van der Waals surface area contributed by atoms with Crippen molar-refractivity contribution in [2.75, 3.05) is 5.32 Å². The third-order valence-corrected chi connectivity index (χ3v) is 4.96.